The van der Waals surface area contributed by atoms with E-state index >= 15 is 0 Å². The van der Waals surface area contributed by atoms with Crippen LogP contribution >= 0.6 is 11.3 Å². The van der Waals surface area contributed by atoms with Crippen LogP contribution in [0.15, 0.2) is 23.0 Å². The molecule has 0 fully saturated rings. The summed E-state index contributed by atoms with van der Waals surface area (Å²) in [6.07, 6.45) is 0. The van der Waals surface area contributed by atoms with Crippen LogP contribution in [0.2, 0.25) is 0 Å². The molecular weight excluding hydrogens is 328 g/mol. The standard InChI is InChI=1S/C16H12N4O3S/c1-7-4-5-8(2)10(6-7)19-13(21)11-12(14(19)22)24-15-9(3)17-18-16(23)20(11)15/h4-6H,1-3H3. The molecule has 0 aliphatic carbocycles. The van der Waals surface area contributed by atoms with Crippen molar-refractivity contribution in [1.29, 1.82) is 0 Å². The number of aryl methyl sites for hydroxylation is 3. The number of carbonyl (C=O) groups is 2. The summed E-state index contributed by atoms with van der Waals surface area (Å²) in [6, 6.07) is 5.56. The van der Waals surface area contributed by atoms with Crippen molar-refractivity contribution in [1.82, 2.24) is 14.6 Å². The Kier molecular flexibility index (Phi) is 2.95. The Morgan fingerprint density at radius 1 is 1.00 bits per heavy atom. The van der Waals surface area contributed by atoms with E-state index in [4.69, 9.17) is 0 Å². The van der Waals surface area contributed by atoms with E-state index in [9.17, 15) is 14.4 Å². The molecule has 0 saturated heterocycles. The number of hydrogen-bond acceptors (Lipinski definition) is 6. The first-order valence-electron chi connectivity index (χ1n) is 7.25. The molecule has 0 bridgehead atoms. The van der Waals surface area contributed by atoms with Crippen molar-refractivity contribution < 1.29 is 9.59 Å². The van der Waals surface area contributed by atoms with Gasteiger partial charge < -0.3 is 0 Å². The lowest BCUT2D eigenvalue weighted by molar-refractivity contribution is 0.0924. The van der Waals surface area contributed by atoms with Crippen molar-refractivity contribution in [3.05, 3.63) is 56.1 Å². The quantitative estimate of drug-likeness (QED) is 0.632. The van der Waals surface area contributed by atoms with Crippen LogP contribution in [-0.4, -0.2) is 26.4 Å². The Morgan fingerprint density at radius 2 is 1.75 bits per heavy atom. The molecule has 8 heteroatoms. The van der Waals surface area contributed by atoms with Gasteiger partial charge in [-0.15, -0.1) is 16.4 Å². The minimum atomic E-state index is -0.655. The summed E-state index contributed by atoms with van der Waals surface area (Å²) in [7, 11) is 0. The minimum Gasteiger partial charge on any atom is -0.267 e. The molecule has 0 saturated carbocycles. The van der Waals surface area contributed by atoms with Gasteiger partial charge in [0.2, 0.25) is 0 Å². The van der Waals surface area contributed by atoms with Gasteiger partial charge in [0.1, 0.15) is 15.4 Å². The number of benzene rings is 1. The molecule has 120 valence electrons. The molecular formula is C16H12N4O3S. The fourth-order valence-corrected chi connectivity index (χ4v) is 3.93. The Bertz CT molecular complexity index is 1110. The van der Waals surface area contributed by atoms with Gasteiger partial charge in [-0.2, -0.15) is 0 Å². The summed E-state index contributed by atoms with van der Waals surface area (Å²) in [6.45, 7) is 5.41. The Labute approximate surface area is 140 Å². The van der Waals surface area contributed by atoms with Crippen molar-refractivity contribution in [2.24, 2.45) is 0 Å². The predicted octanol–water partition coefficient (Wildman–Crippen LogP) is 1.88. The van der Waals surface area contributed by atoms with Crippen molar-refractivity contribution in [2.75, 3.05) is 4.90 Å². The van der Waals surface area contributed by atoms with E-state index in [1.807, 2.05) is 26.0 Å². The van der Waals surface area contributed by atoms with E-state index in [-0.39, 0.29) is 10.6 Å². The summed E-state index contributed by atoms with van der Waals surface area (Å²) in [5.41, 5.74) is 2.21. The van der Waals surface area contributed by atoms with E-state index in [0.29, 0.717) is 16.2 Å². The van der Waals surface area contributed by atoms with E-state index in [0.717, 1.165) is 27.4 Å². The normalized spacial score (nSPS) is 13.9. The second kappa shape index (κ2) is 4.81. The molecule has 3 heterocycles. The lowest BCUT2D eigenvalue weighted by Crippen LogP contribution is -2.32. The molecule has 24 heavy (non-hydrogen) atoms. The molecule has 3 aromatic rings. The van der Waals surface area contributed by atoms with E-state index in [1.54, 1.807) is 13.0 Å². The number of carbonyl (C=O) groups excluding carboxylic acids is 2. The molecule has 0 unspecified atom stereocenters. The molecule has 0 spiro atoms. The fourth-order valence-electron chi connectivity index (χ4n) is 2.83. The summed E-state index contributed by atoms with van der Waals surface area (Å²) in [5, 5.41) is 7.29. The third-order valence-corrected chi connectivity index (χ3v) is 5.28. The van der Waals surface area contributed by atoms with Gasteiger partial charge in [0.25, 0.3) is 11.8 Å². The molecule has 1 aliphatic rings. The molecule has 4 rings (SSSR count). The number of imide groups is 1. The highest BCUT2D eigenvalue weighted by Crippen LogP contribution is 2.35. The van der Waals surface area contributed by atoms with Crippen LogP contribution in [0.3, 0.4) is 0 Å². The lowest BCUT2D eigenvalue weighted by Gasteiger charge is -2.17. The zero-order valence-electron chi connectivity index (χ0n) is 13.2. The zero-order chi connectivity index (χ0) is 17.2. The monoisotopic (exact) mass is 340 g/mol. The summed E-state index contributed by atoms with van der Waals surface area (Å²) in [4.78, 5) is 39.7. The molecule has 2 aromatic heterocycles. The number of nitrogens with zero attached hydrogens (tertiary/aromatic N) is 4. The highest BCUT2D eigenvalue weighted by molar-refractivity contribution is 7.20. The van der Waals surface area contributed by atoms with Crippen LogP contribution in [-0.2, 0) is 0 Å². The SMILES string of the molecule is Cc1ccc(C)c(N2C(=O)c3sc4c(C)nnc(=O)n4c3C2=O)c1. The molecule has 0 atom stereocenters. The maximum Gasteiger partial charge on any atom is 0.372 e. The molecule has 0 radical (unpaired) electrons. The topological polar surface area (TPSA) is 84.6 Å². The average Bonchev–Trinajstić information content (AvgIpc) is 3.05. The maximum absolute atomic E-state index is 12.9. The van der Waals surface area contributed by atoms with Crippen molar-refractivity contribution in [3.8, 4) is 0 Å². The lowest BCUT2D eigenvalue weighted by atomic mass is 10.1. The Balaban J connectivity index is 1.99. The van der Waals surface area contributed by atoms with Crippen molar-refractivity contribution in [2.45, 2.75) is 20.8 Å². The van der Waals surface area contributed by atoms with Gasteiger partial charge in [0, 0.05) is 0 Å². The number of rotatable bonds is 1. The maximum atomic E-state index is 12.9. The fraction of sp³-hybridized carbons (Fsp3) is 0.188. The van der Waals surface area contributed by atoms with Gasteiger partial charge in [0.15, 0.2) is 0 Å². The first-order chi connectivity index (χ1) is 11.4. The van der Waals surface area contributed by atoms with Gasteiger partial charge >= 0.3 is 5.69 Å². The minimum absolute atomic E-state index is 0.0731. The molecule has 7 nitrogen and oxygen atoms in total. The first kappa shape index (κ1) is 14.7. The third-order valence-electron chi connectivity index (χ3n) is 4.04. The number of fused-ring (bicyclic) bond motifs is 3. The van der Waals surface area contributed by atoms with Crippen LogP contribution in [0.5, 0.6) is 0 Å². The van der Waals surface area contributed by atoms with Gasteiger partial charge in [-0.1, -0.05) is 17.2 Å². The Morgan fingerprint density at radius 3 is 2.50 bits per heavy atom. The van der Waals surface area contributed by atoms with Gasteiger partial charge in [0.05, 0.1) is 11.4 Å². The van der Waals surface area contributed by atoms with Gasteiger partial charge in [-0.3, -0.25) is 9.59 Å². The van der Waals surface area contributed by atoms with Gasteiger partial charge in [-0.05, 0) is 38.0 Å². The second-order valence-electron chi connectivity index (χ2n) is 5.72. The molecule has 0 N–H and O–H groups in total. The van der Waals surface area contributed by atoms with Crippen LogP contribution in [0, 0.1) is 20.8 Å². The second-order valence-corrected chi connectivity index (χ2v) is 6.72. The van der Waals surface area contributed by atoms with E-state index < -0.39 is 17.5 Å². The number of thiazole rings is 1. The van der Waals surface area contributed by atoms with Crippen LogP contribution in [0.25, 0.3) is 4.83 Å². The van der Waals surface area contributed by atoms with E-state index in [2.05, 4.69) is 10.2 Å². The van der Waals surface area contributed by atoms with Crippen LogP contribution in [0.1, 0.15) is 37.0 Å². The number of hydrogen-bond donors (Lipinski definition) is 0. The highest BCUT2D eigenvalue weighted by Gasteiger charge is 2.42. The number of anilines is 1. The largest absolute Gasteiger partial charge is 0.372 e. The zero-order valence-corrected chi connectivity index (χ0v) is 14.0. The Hall–Kier alpha value is -2.87. The van der Waals surface area contributed by atoms with Crippen molar-refractivity contribution in [3.63, 3.8) is 0 Å². The van der Waals surface area contributed by atoms with Crippen LogP contribution < -0.4 is 10.6 Å². The van der Waals surface area contributed by atoms with Crippen LogP contribution in [0.4, 0.5) is 5.69 Å². The van der Waals surface area contributed by atoms with Crippen molar-refractivity contribution >= 4 is 33.7 Å². The summed E-state index contributed by atoms with van der Waals surface area (Å²) in [5.74, 6) is -0.930. The third kappa shape index (κ3) is 1.80. The predicted molar refractivity (Wildman–Crippen MR) is 88.9 cm³/mol. The average molecular weight is 340 g/mol. The molecule has 1 aliphatic heterocycles. The highest BCUT2D eigenvalue weighted by atomic mass is 32.1. The molecule has 2 amide bonds. The number of amides is 2. The molecule has 1 aromatic carbocycles. The summed E-state index contributed by atoms with van der Waals surface area (Å²) < 4.78 is 1.19. The summed E-state index contributed by atoms with van der Waals surface area (Å²) >= 11 is 1.10. The van der Waals surface area contributed by atoms with E-state index in [1.165, 1.54) is 4.40 Å². The number of aromatic nitrogens is 3. The smallest absolute Gasteiger partial charge is 0.267 e. The van der Waals surface area contributed by atoms with Gasteiger partial charge in [-0.25, -0.2) is 14.1 Å². The first-order valence-corrected chi connectivity index (χ1v) is 8.06.